The summed E-state index contributed by atoms with van der Waals surface area (Å²) in [6.45, 7) is 1.22. The second-order valence-electron chi connectivity index (χ2n) is 3.71. The molecule has 6 heteroatoms. The van der Waals surface area contributed by atoms with Gasteiger partial charge >= 0.3 is 11.8 Å². The fourth-order valence-electron chi connectivity index (χ4n) is 1.28. The Morgan fingerprint density at radius 2 is 1.78 bits per heavy atom. The Morgan fingerprint density at radius 3 is 2.39 bits per heavy atom. The highest BCUT2D eigenvalue weighted by atomic mass is 16.3. The molecule has 0 aliphatic carbocycles. The van der Waals surface area contributed by atoms with Crippen LogP contribution in [0.5, 0.6) is 5.75 Å². The minimum atomic E-state index is -0.717. The summed E-state index contributed by atoms with van der Waals surface area (Å²) in [6.07, 6.45) is 0.759. The Hall–Kier alpha value is -2.08. The first-order chi connectivity index (χ1) is 8.63. The number of hydrogen-bond acceptors (Lipinski definition) is 4. The highest BCUT2D eigenvalue weighted by molar-refractivity contribution is 6.39. The summed E-state index contributed by atoms with van der Waals surface area (Å²) in [6, 6.07) is 5.89. The van der Waals surface area contributed by atoms with Gasteiger partial charge in [0.25, 0.3) is 0 Å². The van der Waals surface area contributed by atoms with E-state index in [4.69, 9.17) is 5.11 Å². The quantitative estimate of drug-likeness (QED) is 0.338. The van der Waals surface area contributed by atoms with Crippen LogP contribution >= 0.6 is 0 Å². The Morgan fingerprint density at radius 1 is 1.11 bits per heavy atom. The van der Waals surface area contributed by atoms with Crippen molar-refractivity contribution < 1.29 is 14.7 Å². The van der Waals surface area contributed by atoms with Crippen LogP contribution < -0.4 is 16.0 Å². The number of rotatable bonds is 5. The Balaban J connectivity index is 2.35. The predicted octanol–water partition coefficient (Wildman–Crippen LogP) is 0.0564. The number of carbonyl (C=O) groups excluding carboxylic acids is 2. The molecule has 0 radical (unpaired) electrons. The summed E-state index contributed by atoms with van der Waals surface area (Å²) >= 11 is 0. The minimum absolute atomic E-state index is 0.101. The molecule has 2 amide bonds. The van der Waals surface area contributed by atoms with E-state index in [-0.39, 0.29) is 5.75 Å². The van der Waals surface area contributed by atoms with Crippen molar-refractivity contribution in [3.63, 3.8) is 0 Å². The van der Waals surface area contributed by atoms with Gasteiger partial charge in [-0.05, 0) is 44.3 Å². The average molecular weight is 251 g/mol. The summed E-state index contributed by atoms with van der Waals surface area (Å²) in [7, 11) is 1.82. The standard InChI is InChI=1S/C12H17N3O3/c1-13-7-2-8-14-11(17)12(18)15-9-3-5-10(16)6-4-9/h3-6,13,16H,2,7-8H2,1H3,(H,14,17)(H,15,18). The Kier molecular flexibility index (Phi) is 5.66. The predicted molar refractivity (Wildman–Crippen MR) is 68.3 cm³/mol. The van der Waals surface area contributed by atoms with Crippen LogP contribution in [0.4, 0.5) is 5.69 Å². The summed E-state index contributed by atoms with van der Waals surface area (Å²) < 4.78 is 0. The molecule has 98 valence electrons. The van der Waals surface area contributed by atoms with E-state index in [1.54, 1.807) is 0 Å². The van der Waals surface area contributed by atoms with E-state index in [1.165, 1.54) is 24.3 Å². The van der Waals surface area contributed by atoms with Crippen LogP contribution in [0.3, 0.4) is 0 Å². The third-order valence-electron chi connectivity index (χ3n) is 2.22. The molecule has 1 aromatic rings. The number of aromatic hydroxyl groups is 1. The van der Waals surface area contributed by atoms with Gasteiger partial charge in [0.2, 0.25) is 0 Å². The third kappa shape index (κ3) is 4.84. The molecule has 0 saturated heterocycles. The van der Waals surface area contributed by atoms with Crippen molar-refractivity contribution in [2.75, 3.05) is 25.5 Å². The second-order valence-corrected chi connectivity index (χ2v) is 3.71. The monoisotopic (exact) mass is 251 g/mol. The molecule has 0 aliphatic rings. The van der Waals surface area contributed by atoms with Crippen LogP contribution in [0.2, 0.25) is 0 Å². The maximum atomic E-state index is 11.5. The fraction of sp³-hybridized carbons (Fsp3) is 0.333. The van der Waals surface area contributed by atoms with Crippen LogP contribution in [0.15, 0.2) is 24.3 Å². The molecule has 4 N–H and O–H groups in total. The molecule has 0 atom stereocenters. The van der Waals surface area contributed by atoms with E-state index in [2.05, 4.69) is 16.0 Å². The van der Waals surface area contributed by atoms with Crippen LogP contribution in [-0.4, -0.2) is 37.1 Å². The smallest absolute Gasteiger partial charge is 0.313 e. The third-order valence-corrected chi connectivity index (χ3v) is 2.22. The number of phenols is 1. The summed E-state index contributed by atoms with van der Waals surface area (Å²) in [5, 5.41) is 16.9. The molecule has 0 spiro atoms. The number of hydrogen-bond donors (Lipinski definition) is 4. The van der Waals surface area contributed by atoms with E-state index in [0.717, 1.165) is 13.0 Å². The van der Waals surface area contributed by atoms with Gasteiger partial charge in [-0.15, -0.1) is 0 Å². The van der Waals surface area contributed by atoms with Crippen molar-refractivity contribution in [2.24, 2.45) is 0 Å². The van der Waals surface area contributed by atoms with E-state index >= 15 is 0 Å². The molecule has 1 rings (SSSR count). The highest BCUT2D eigenvalue weighted by Crippen LogP contribution is 2.13. The normalized spacial score (nSPS) is 9.83. The van der Waals surface area contributed by atoms with E-state index in [0.29, 0.717) is 12.2 Å². The van der Waals surface area contributed by atoms with Crippen LogP contribution in [0, 0.1) is 0 Å². The van der Waals surface area contributed by atoms with Gasteiger partial charge in [0.1, 0.15) is 5.75 Å². The van der Waals surface area contributed by atoms with Gasteiger partial charge in [-0.1, -0.05) is 0 Å². The molecule has 6 nitrogen and oxygen atoms in total. The van der Waals surface area contributed by atoms with Crippen molar-refractivity contribution in [1.82, 2.24) is 10.6 Å². The number of benzene rings is 1. The topological polar surface area (TPSA) is 90.5 Å². The number of amides is 2. The molecule has 0 heterocycles. The first kappa shape index (κ1) is 14.0. The second kappa shape index (κ2) is 7.29. The zero-order chi connectivity index (χ0) is 13.4. The zero-order valence-corrected chi connectivity index (χ0v) is 10.2. The molecule has 0 saturated carbocycles. The van der Waals surface area contributed by atoms with Gasteiger partial charge < -0.3 is 21.1 Å². The lowest BCUT2D eigenvalue weighted by Gasteiger charge is -2.06. The average Bonchev–Trinajstić information content (AvgIpc) is 2.37. The number of anilines is 1. The van der Waals surface area contributed by atoms with Crippen molar-refractivity contribution in [2.45, 2.75) is 6.42 Å². The van der Waals surface area contributed by atoms with Gasteiger partial charge in [0, 0.05) is 12.2 Å². The molecular weight excluding hydrogens is 234 g/mol. The Labute approximate surface area is 105 Å². The lowest BCUT2D eigenvalue weighted by Crippen LogP contribution is -2.36. The SMILES string of the molecule is CNCCCNC(=O)C(=O)Nc1ccc(O)cc1. The molecule has 0 unspecified atom stereocenters. The number of carbonyl (C=O) groups is 2. The summed E-state index contributed by atoms with van der Waals surface area (Å²) in [5.41, 5.74) is 0.461. The maximum Gasteiger partial charge on any atom is 0.313 e. The lowest BCUT2D eigenvalue weighted by atomic mass is 10.3. The van der Waals surface area contributed by atoms with Crippen molar-refractivity contribution >= 4 is 17.5 Å². The maximum absolute atomic E-state index is 11.5. The first-order valence-corrected chi connectivity index (χ1v) is 5.66. The van der Waals surface area contributed by atoms with E-state index < -0.39 is 11.8 Å². The molecule has 0 bridgehead atoms. The first-order valence-electron chi connectivity index (χ1n) is 5.66. The van der Waals surface area contributed by atoms with Gasteiger partial charge in [-0.2, -0.15) is 0 Å². The molecule has 0 aliphatic heterocycles. The summed E-state index contributed by atoms with van der Waals surface area (Å²) in [4.78, 5) is 22.8. The molecule has 1 aromatic carbocycles. The Bertz CT molecular complexity index is 404. The van der Waals surface area contributed by atoms with Gasteiger partial charge in [-0.3, -0.25) is 9.59 Å². The minimum Gasteiger partial charge on any atom is -0.508 e. The van der Waals surface area contributed by atoms with E-state index in [1.807, 2.05) is 7.05 Å². The largest absolute Gasteiger partial charge is 0.508 e. The van der Waals surface area contributed by atoms with Crippen LogP contribution in [0.25, 0.3) is 0 Å². The lowest BCUT2D eigenvalue weighted by molar-refractivity contribution is -0.136. The zero-order valence-electron chi connectivity index (χ0n) is 10.2. The van der Waals surface area contributed by atoms with E-state index in [9.17, 15) is 9.59 Å². The fourth-order valence-corrected chi connectivity index (χ4v) is 1.28. The number of phenolic OH excluding ortho intramolecular Hbond substituents is 1. The summed E-state index contributed by atoms with van der Waals surface area (Å²) in [5.74, 6) is -1.28. The molecule has 0 fully saturated rings. The van der Waals surface area contributed by atoms with Crippen LogP contribution in [-0.2, 0) is 9.59 Å². The highest BCUT2D eigenvalue weighted by Gasteiger charge is 2.12. The number of nitrogens with one attached hydrogen (secondary N) is 3. The van der Waals surface area contributed by atoms with Crippen molar-refractivity contribution in [3.8, 4) is 5.75 Å². The van der Waals surface area contributed by atoms with Gasteiger partial charge in [0.05, 0.1) is 0 Å². The molecule has 0 aromatic heterocycles. The molecule has 18 heavy (non-hydrogen) atoms. The van der Waals surface area contributed by atoms with Gasteiger partial charge in [0.15, 0.2) is 0 Å². The molecular formula is C12H17N3O3. The van der Waals surface area contributed by atoms with Crippen molar-refractivity contribution in [1.29, 1.82) is 0 Å². The van der Waals surface area contributed by atoms with Gasteiger partial charge in [-0.25, -0.2) is 0 Å². The van der Waals surface area contributed by atoms with Crippen LogP contribution in [0.1, 0.15) is 6.42 Å². The van der Waals surface area contributed by atoms with Crippen molar-refractivity contribution in [3.05, 3.63) is 24.3 Å².